The molecule has 17 heavy (non-hydrogen) atoms. The summed E-state index contributed by atoms with van der Waals surface area (Å²) in [7, 11) is 0. The van der Waals surface area contributed by atoms with Gasteiger partial charge in [0.25, 0.3) is 0 Å². The second kappa shape index (κ2) is 4.94. The maximum absolute atomic E-state index is 4.74. The van der Waals surface area contributed by atoms with E-state index in [0.717, 1.165) is 23.7 Å². The van der Waals surface area contributed by atoms with Gasteiger partial charge in [-0.25, -0.2) is 4.98 Å². The molecule has 0 saturated carbocycles. The van der Waals surface area contributed by atoms with E-state index in [-0.39, 0.29) is 0 Å². The molecule has 1 fully saturated rings. The highest BCUT2D eigenvalue weighted by Gasteiger charge is 2.18. The molecule has 1 aliphatic heterocycles. The molecule has 2 aromatic rings. The lowest BCUT2D eigenvalue weighted by Gasteiger charge is -2.20. The van der Waals surface area contributed by atoms with E-state index in [1.807, 2.05) is 12.3 Å². The number of nitrogens with one attached hydrogen (secondary N) is 1. The summed E-state index contributed by atoms with van der Waals surface area (Å²) in [6, 6.07) is 4.02. The highest BCUT2D eigenvalue weighted by atomic mass is 32.1. The zero-order valence-corrected chi connectivity index (χ0v) is 10.4. The van der Waals surface area contributed by atoms with Crippen LogP contribution in [0.15, 0.2) is 29.9 Å². The van der Waals surface area contributed by atoms with Crippen LogP contribution in [0, 0.1) is 0 Å². The summed E-state index contributed by atoms with van der Waals surface area (Å²) >= 11 is 1.72. The van der Waals surface area contributed by atoms with Gasteiger partial charge in [0.15, 0.2) is 0 Å². The van der Waals surface area contributed by atoms with Crippen LogP contribution in [-0.4, -0.2) is 23.1 Å². The van der Waals surface area contributed by atoms with Gasteiger partial charge in [0, 0.05) is 35.8 Å². The number of thiazole rings is 1. The molecule has 1 atom stereocenters. The van der Waals surface area contributed by atoms with Crippen LogP contribution in [0.1, 0.15) is 24.5 Å². The Morgan fingerprint density at radius 3 is 3.18 bits per heavy atom. The molecule has 0 amide bonds. The van der Waals surface area contributed by atoms with Gasteiger partial charge >= 0.3 is 0 Å². The molecule has 0 aromatic carbocycles. The van der Waals surface area contributed by atoms with E-state index in [0.29, 0.717) is 5.92 Å². The van der Waals surface area contributed by atoms with Crippen molar-refractivity contribution in [2.75, 3.05) is 13.1 Å². The van der Waals surface area contributed by atoms with Crippen molar-refractivity contribution in [1.29, 1.82) is 0 Å². The number of aromatic nitrogens is 2. The quantitative estimate of drug-likeness (QED) is 0.884. The van der Waals surface area contributed by atoms with E-state index in [2.05, 4.69) is 21.7 Å². The van der Waals surface area contributed by atoms with E-state index in [9.17, 15) is 0 Å². The van der Waals surface area contributed by atoms with Crippen LogP contribution in [-0.2, 0) is 0 Å². The standard InChI is InChI=1S/C13H15N3S/c1-3-10(7-14-5-1)12-9-17-13(16-12)11-4-2-6-15-8-11/h2,4,6,8-10,14H,1,3,5,7H2. The van der Waals surface area contributed by atoms with Gasteiger partial charge in [0.05, 0.1) is 5.69 Å². The predicted octanol–water partition coefficient (Wildman–Crippen LogP) is 2.67. The third-order valence-corrected chi connectivity index (χ3v) is 4.06. The molecule has 1 N–H and O–H groups in total. The minimum atomic E-state index is 0.588. The van der Waals surface area contributed by atoms with Crippen molar-refractivity contribution in [1.82, 2.24) is 15.3 Å². The van der Waals surface area contributed by atoms with Crippen LogP contribution in [0.3, 0.4) is 0 Å². The first kappa shape index (κ1) is 10.9. The first-order valence-electron chi connectivity index (χ1n) is 6.00. The molecule has 0 aliphatic carbocycles. The number of pyridine rings is 1. The van der Waals surface area contributed by atoms with Gasteiger partial charge < -0.3 is 5.32 Å². The minimum Gasteiger partial charge on any atom is -0.316 e. The maximum Gasteiger partial charge on any atom is 0.125 e. The van der Waals surface area contributed by atoms with Crippen molar-refractivity contribution >= 4 is 11.3 Å². The molecule has 1 saturated heterocycles. The fraction of sp³-hybridized carbons (Fsp3) is 0.385. The van der Waals surface area contributed by atoms with Gasteiger partial charge in [-0.1, -0.05) is 0 Å². The molecule has 3 rings (SSSR count). The molecule has 4 heteroatoms. The second-order valence-electron chi connectivity index (χ2n) is 4.36. The van der Waals surface area contributed by atoms with Gasteiger partial charge in [-0.3, -0.25) is 4.98 Å². The first-order valence-corrected chi connectivity index (χ1v) is 6.88. The van der Waals surface area contributed by atoms with Crippen LogP contribution in [0.2, 0.25) is 0 Å². The molecule has 88 valence electrons. The molecule has 3 heterocycles. The Hall–Kier alpha value is -1.26. The third kappa shape index (κ3) is 2.37. The first-order chi connectivity index (χ1) is 8.43. The molecule has 0 bridgehead atoms. The van der Waals surface area contributed by atoms with Crippen LogP contribution < -0.4 is 5.32 Å². The summed E-state index contributed by atoms with van der Waals surface area (Å²) in [6.07, 6.45) is 6.18. The van der Waals surface area contributed by atoms with E-state index < -0.39 is 0 Å². The van der Waals surface area contributed by atoms with Crippen LogP contribution in [0.25, 0.3) is 10.6 Å². The van der Waals surface area contributed by atoms with Crippen molar-refractivity contribution < 1.29 is 0 Å². The van der Waals surface area contributed by atoms with E-state index >= 15 is 0 Å². The Morgan fingerprint density at radius 2 is 2.41 bits per heavy atom. The fourth-order valence-electron chi connectivity index (χ4n) is 2.20. The number of hydrogen-bond acceptors (Lipinski definition) is 4. The molecular formula is C13H15N3S. The van der Waals surface area contributed by atoms with Crippen molar-refractivity contribution in [2.45, 2.75) is 18.8 Å². The Balaban J connectivity index is 1.83. The highest BCUT2D eigenvalue weighted by molar-refractivity contribution is 7.13. The van der Waals surface area contributed by atoms with Crippen LogP contribution in [0.5, 0.6) is 0 Å². The Kier molecular flexibility index (Phi) is 3.16. The van der Waals surface area contributed by atoms with Gasteiger partial charge in [0.2, 0.25) is 0 Å². The fourth-order valence-corrected chi connectivity index (χ4v) is 3.09. The molecule has 2 aromatic heterocycles. The SMILES string of the molecule is c1cncc(-c2nc(C3CCCNC3)cs2)c1. The van der Waals surface area contributed by atoms with Gasteiger partial charge in [-0.2, -0.15) is 0 Å². The number of hydrogen-bond donors (Lipinski definition) is 1. The van der Waals surface area contributed by atoms with Crippen molar-refractivity contribution in [3.8, 4) is 10.6 Å². The average molecular weight is 245 g/mol. The van der Waals surface area contributed by atoms with E-state index in [1.165, 1.54) is 18.5 Å². The molecule has 0 spiro atoms. The number of nitrogens with zero attached hydrogens (tertiary/aromatic N) is 2. The van der Waals surface area contributed by atoms with Crippen molar-refractivity contribution in [3.63, 3.8) is 0 Å². The summed E-state index contributed by atoms with van der Waals surface area (Å²) in [6.45, 7) is 2.21. The summed E-state index contributed by atoms with van der Waals surface area (Å²) in [5.41, 5.74) is 2.36. The lowest BCUT2D eigenvalue weighted by Crippen LogP contribution is -2.28. The lowest BCUT2D eigenvalue weighted by molar-refractivity contribution is 0.456. The Morgan fingerprint density at radius 1 is 1.41 bits per heavy atom. The molecule has 0 radical (unpaired) electrons. The Bertz CT molecular complexity index is 474. The van der Waals surface area contributed by atoms with Gasteiger partial charge in [-0.15, -0.1) is 11.3 Å². The van der Waals surface area contributed by atoms with Crippen LogP contribution in [0.4, 0.5) is 0 Å². The minimum absolute atomic E-state index is 0.588. The summed E-state index contributed by atoms with van der Waals surface area (Å²) < 4.78 is 0. The lowest BCUT2D eigenvalue weighted by atomic mass is 9.97. The summed E-state index contributed by atoms with van der Waals surface area (Å²) in [5.74, 6) is 0.588. The monoisotopic (exact) mass is 245 g/mol. The normalized spacial score (nSPS) is 20.4. The molecular weight excluding hydrogens is 230 g/mol. The summed E-state index contributed by atoms with van der Waals surface area (Å²) in [5, 5.41) is 6.71. The largest absolute Gasteiger partial charge is 0.316 e. The van der Waals surface area contributed by atoms with E-state index in [1.54, 1.807) is 17.5 Å². The maximum atomic E-state index is 4.74. The highest BCUT2D eigenvalue weighted by Crippen LogP contribution is 2.29. The smallest absolute Gasteiger partial charge is 0.125 e. The average Bonchev–Trinajstić information content (AvgIpc) is 2.90. The molecule has 1 unspecified atom stereocenters. The topological polar surface area (TPSA) is 37.8 Å². The van der Waals surface area contributed by atoms with Crippen molar-refractivity contribution in [2.24, 2.45) is 0 Å². The third-order valence-electron chi connectivity index (χ3n) is 3.15. The molecule has 1 aliphatic rings. The van der Waals surface area contributed by atoms with Gasteiger partial charge in [0.1, 0.15) is 5.01 Å². The Labute approximate surface area is 105 Å². The number of piperidine rings is 1. The second-order valence-corrected chi connectivity index (χ2v) is 5.22. The van der Waals surface area contributed by atoms with E-state index in [4.69, 9.17) is 4.98 Å². The predicted molar refractivity (Wildman–Crippen MR) is 70.2 cm³/mol. The van der Waals surface area contributed by atoms with Crippen molar-refractivity contribution in [3.05, 3.63) is 35.6 Å². The zero-order valence-electron chi connectivity index (χ0n) is 9.60. The van der Waals surface area contributed by atoms with Gasteiger partial charge in [-0.05, 0) is 31.5 Å². The summed E-state index contributed by atoms with van der Waals surface area (Å²) in [4.78, 5) is 8.88. The number of rotatable bonds is 2. The molecule has 3 nitrogen and oxygen atoms in total. The zero-order chi connectivity index (χ0) is 11.5. The van der Waals surface area contributed by atoms with Crippen LogP contribution >= 0.6 is 11.3 Å².